The molecule has 4 aromatic rings. The van der Waals surface area contributed by atoms with Crippen LogP contribution in [0.15, 0.2) is 67.0 Å². The molecule has 0 unspecified atom stereocenters. The Kier molecular flexibility index (Phi) is 4.75. The monoisotopic (exact) mass is 391 g/mol. The van der Waals surface area contributed by atoms with Gasteiger partial charge >= 0.3 is 0 Å². The highest BCUT2D eigenvalue weighted by Crippen LogP contribution is 2.26. The molecule has 6 heteroatoms. The standard InChI is InChI=1S/C22H18ClN3O2/c1-14-8-9-26-13-19(25-21(26)10-14)15-4-3-5-17(11-15)24-22(27)18-12-16(23)6-7-20(18)28-2/h3-13H,1-2H3,(H,24,27). The van der Waals surface area contributed by atoms with Crippen LogP contribution in [0.25, 0.3) is 16.9 Å². The van der Waals surface area contributed by atoms with Crippen LogP contribution in [-0.2, 0) is 0 Å². The lowest BCUT2D eigenvalue weighted by Crippen LogP contribution is -2.13. The van der Waals surface area contributed by atoms with Gasteiger partial charge < -0.3 is 14.5 Å². The number of ether oxygens (including phenoxy) is 1. The highest BCUT2D eigenvalue weighted by molar-refractivity contribution is 6.31. The van der Waals surface area contributed by atoms with Crippen LogP contribution in [0.1, 0.15) is 15.9 Å². The molecule has 0 radical (unpaired) electrons. The van der Waals surface area contributed by atoms with Crippen molar-refractivity contribution in [2.24, 2.45) is 0 Å². The molecular weight excluding hydrogens is 374 g/mol. The van der Waals surface area contributed by atoms with Crippen LogP contribution in [-0.4, -0.2) is 22.4 Å². The number of halogens is 1. The van der Waals surface area contributed by atoms with Crippen molar-refractivity contribution in [3.05, 3.63) is 83.1 Å². The molecule has 0 saturated heterocycles. The zero-order valence-corrected chi connectivity index (χ0v) is 16.2. The average Bonchev–Trinajstić information content (AvgIpc) is 3.11. The Hall–Kier alpha value is -3.31. The number of fused-ring (bicyclic) bond motifs is 1. The Balaban J connectivity index is 1.63. The number of anilines is 1. The minimum atomic E-state index is -0.290. The van der Waals surface area contributed by atoms with Gasteiger partial charge in [0.15, 0.2) is 0 Å². The van der Waals surface area contributed by atoms with Crippen LogP contribution in [0.5, 0.6) is 5.75 Å². The van der Waals surface area contributed by atoms with Crippen LogP contribution in [0.3, 0.4) is 0 Å². The molecule has 140 valence electrons. The summed E-state index contributed by atoms with van der Waals surface area (Å²) in [7, 11) is 1.52. The van der Waals surface area contributed by atoms with Crippen LogP contribution in [0, 0.1) is 6.92 Å². The zero-order valence-electron chi connectivity index (χ0n) is 15.4. The molecule has 0 fully saturated rings. The molecule has 2 aromatic carbocycles. The second-order valence-electron chi connectivity index (χ2n) is 6.48. The predicted octanol–water partition coefficient (Wildman–Crippen LogP) is 5.22. The van der Waals surface area contributed by atoms with Crippen LogP contribution in [0.2, 0.25) is 5.02 Å². The maximum atomic E-state index is 12.7. The Labute approximate surface area is 167 Å². The lowest BCUT2D eigenvalue weighted by molar-refractivity contribution is 0.102. The quantitative estimate of drug-likeness (QED) is 0.518. The summed E-state index contributed by atoms with van der Waals surface area (Å²) in [6.07, 6.45) is 3.95. The summed E-state index contributed by atoms with van der Waals surface area (Å²) in [5.41, 5.74) is 4.83. The van der Waals surface area contributed by atoms with Gasteiger partial charge in [0, 0.05) is 28.7 Å². The molecule has 2 heterocycles. The number of nitrogens with one attached hydrogen (secondary N) is 1. The molecule has 4 rings (SSSR count). The van der Waals surface area contributed by atoms with E-state index in [1.54, 1.807) is 18.2 Å². The second-order valence-corrected chi connectivity index (χ2v) is 6.91. The lowest BCUT2D eigenvalue weighted by Gasteiger charge is -2.10. The maximum absolute atomic E-state index is 12.7. The minimum absolute atomic E-state index is 0.290. The van der Waals surface area contributed by atoms with Gasteiger partial charge in [-0.3, -0.25) is 4.79 Å². The van der Waals surface area contributed by atoms with E-state index in [1.807, 2.05) is 60.1 Å². The molecule has 2 aromatic heterocycles. The number of nitrogens with zero attached hydrogens (tertiary/aromatic N) is 2. The summed E-state index contributed by atoms with van der Waals surface area (Å²) in [6, 6.07) is 16.6. The summed E-state index contributed by atoms with van der Waals surface area (Å²) in [5.74, 6) is 0.177. The van der Waals surface area contributed by atoms with Crippen molar-refractivity contribution >= 4 is 28.8 Å². The first-order valence-electron chi connectivity index (χ1n) is 8.74. The smallest absolute Gasteiger partial charge is 0.259 e. The van der Waals surface area contributed by atoms with E-state index in [1.165, 1.54) is 7.11 Å². The molecule has 0 atom stereocenters. The predicted molar refractivity (Wildman–Crippen MR) is 111 cm³/mol. The van der Waals surface area contributed by atoms with E-state index in [4.69, 9.17) is 16.3 Å². The molecule has 1 N–H and O–H groups in total. The molecule has 5 nitrogen and oxygen atoms in total. The summed E-state index contributed by atoms with van der Waals surface area (Å²) in [6.45, 7) is 2.04. The summed E-state index contributed by atoms with van der Waals surface area (Å²) in [4.78, 5) is 17.4. The molecular formula is C22H18ClN3O2. The van der Waals surface area contributed by atoms with Crippen LogP contribution < -0.4 is 10.1 Å². The topological polar surface area (TPSA) is 55.6 Å². The Morgan fingerprint density at radius 2 is 2.00 bits per heavy atom. The van der Waals surface area contributed by atoms with Crippen molar-refractivity contribution < 1.29 is 9.53 Å². The number of carbonyl (C=O) groups is 1. The number of benzene rings is 2. The Morgan fingerprint density at radius 3 is 2.82 bits per heavy atom. The first-order chi connectivity index (χ1) is 13.5. The second kappa shape index (κ2) is 7.37. The van der Waals surface area contributed by atoms with Gasteiger partial charge in [-0.1, -0.05) is 23.7 Å². The fourth-order valence-corrected chi connectivity index (χ4v) is 3.21. The van der Waals surface area contributed by atoms with E-state index < -0.39 is 0 Å². The lowest BCUT2D eigenvalue weighted by atomic mass is 10.1. The van der Waals surface area contributed by atoms with Gasteiger partial charge in [0.05, 0.1) is 18.4 Å². The van der Waals surface area contributed by atoms with E-state index in [0.29, 0.717) is 22.0 Å². The first-order valence-corrected chi connectivity index (χ1v) is 9.12. The average molecular weight is 392 g/mol. The number of pyridine rings is 1. The molecule has 1 amide bonds. The van der Waals surface area contributed by atoms with Gasteiger partial charge in [0.25, 0.3) is 5.91 Å². The fourth-order valence-electron chi connectivity index (χ4n) is 3.04. The van der Waals surface area contributed by atoms with Crippen molar-refractivity contribution in [1.82, 2.24) is 9.38 Å². The molecule has 0 aliphatic carbocycles. The van der Waals surface area contributed by atoms with E-state index in [9.17, 15) is 4.79 Å². The number of aryl methyl sites for hydroxylation is 1. The van der Waals surface area contributed by atoms with Gasteiger partial charge in [-0.05, 0) is 55.0 Å². The third-order valence-corrected chi connectivity index (χ3v) is 4.67. The maximum Gasteiger partial charge on any atom is 0.259 e. The Bertz CT molecular complexity index is 1180. The summed E-state index contributed by atoms with van der Waals surface area (Å²) >= 11 is 6.03. The number of amides is 1. The van der Waals surface area contributed by atoms with Crippen molar-refractivity contribution in [1.29, 1.82) is 0 Å². The van der Waals surface area contributed by atoms with Gasteiger partial charge in [0.1, 0.15) is 11.4 Å². The molecule has 0 saturated carbocycles. The van der Waals surface area contributed by atoms with E-state index in [2.05, 4.69) is 10.3 Å². The SMILES string of the molecule is COc1ccc(Cl)cc1C(=O)Nc1cccc(-c2cn3ccc(C)cc3n2)c1. The number of hydrogen-bond acceptors (Lipinski definition) is 3. The number of imidazole rings is 1. The van der Waals surface area contributed by atoms with Gasteiger partial charge in [-0.15, -0.1) is 0 Å². The number of hydrogen-bond donors (Lipinski definition) is 1. The van der Waals surface area contributed by atoms with E-state index in [0.717, 1.165) is 22.5 Å². The summed E-state index contributed by atoms with van der Waals surface area (Å²) in [5, 5.41) is 3.37. The van der Waals surface area contributed by atoms with Gasteiger partial charge in [-0.25, -0.2) is 4.98 Å². The van der Waals surface area contributed by atoms with Crippen LogP contribution >= 0.6 is 11.6 Å². The molecule has 0 aliphatic rings. The van der Waals surface area contributed by atoms with E-state index in [-0.39, 0.29) is 5.91 Å². The molecule has 0 bridgehead atoms. The van der Waals surface area contributed by atoms with Crippen molar-refractivity contribution in [3.63, 3.8) is 0 Å². The van der Waals surface area contributed by atoms with Crippen molar-refractivity contribution in [3.8, 4) is 17.0 Å². The number of aromatic nitrogens is 2. The van der Waals surface area contributed by atoms with Gasteiger partial charge in [0.2, 0.25) is 0 Å². The molecule has 28 heavy (non-hydrogen) atoms. The van der Waals surface area contributed by atoms with Crippen molar-refractivity contribution in [2.75, 3.05) is 12.4 Å². The third-order valence-electron chi connectivity index (χ3n) is 4.44. The first kappa shape index (κ1) is 18.1. The normalized spacial score (nSPS) is 10.8. The van der Waals surface area contributed by atoms with Crippen molar-refractivity contribution in [2.45, 2.75) is 6.92 Å². The van der Waals surface area contributed by atoms with Crippen LogP contribution in [0.4, 0.5) is 5.69 Å². The highest BCUT2D eigenvalue weighted by atomic mass is 35.5. The Morgan fingerprint density at radius 1 is 1.14 bits per heavy atom. The zero-order chi connectivity index (χ0) is 19.7. The molecule has 0 spiro atoms. The number of methoxy groups -OCH3 is 1. The highest BCUT2D eigenvalue weighted by Gasteiger charge is 2.14. The molecule has 0 aliphatic heterocycles. The summed E-state index contributed by atoms with van der Waals surface area (Å²) < 4.78 is 7.24. The number of rotatable bonds is 4. The van der Waals surface area contributed by atoms with Gasteiger partial charge in [-0.2, -0.15) is 0 Å². The van der Waals surface area contributed by atoms with E-state index >= 15 is 0 Å². The third kappa shape index (κ3) is 3.57. The number of carbonyl (C=O) groups excluding carboxylic acids is 1. The largest absolute Gasteiger partial charge is 0.496 e. The minimum Gasteiger partial charge on any atom is -0.496 e. The fraction of sp³-hybridized carbons (Fsp3) is 0.0909.